The second kappa shape index (κ2) is 7.54. The van der Waals surface area contributed by atoms with E-state index in [1.165, 1.54) is 12.5 Å². The van der Waals surface area contributed by atoms with Gasteiger partial charge in [-0.2, -0.15) is 0 Å². The number of likely N-dealkylation sites (tertiary alicyclic amines) is 1. The van der Waals surface area contributed by atoms with Crippen LogP contribution >= 0.6 is 0 Å². The molecule has 2 saturated heterocycles. The molecule has 3 rings (SSSR count). The predicted molar refractivity (Wildman–Crippen MR) is 89.3 cm³/mol. The molecular formula is C16H22N6O4. The van der Waals surface area contributed by atoms with Crippen molar-refractivity contribution >= 4 is 23.6 Å². The van der Waals surface area contributed by atoms with Crippen LogP contribution in [0.5, 0.6) is 0 Å². The lowest BCUT2D eigenvalue weighted by molar-refractivity contribution is -0.140. The van der Waals surface area contributed by atoms with E-state index >= 15 is 0 Å². The number of nitrogens with one attached hydrogen (secondary N) is 3. The molecule has 0 saturated carbocycles. The van der Waals surface area contributed by atoms with Crippen LogP contribution in [-0.2, 0) is 25.6 Å². The molecule has 2 aliphatic heterocycles. The molecule has 3 heterocycles. The highest BCUT2D eigenvalue weighted by atomic mass is 16.2. The van der Waals surface area contributed by atoms with Gasteiger partial charge in [0.25, 0.3) is 0 Å². The van der Waals surface area contributed by atoms with Gasteiger partial charge in [-0.3, -0.25) is 19.2 Å². The Balaban J connectivity index is 1.79. The number of aromatic nitrogens is 2. The molecule has 10 nitrogen and oxygen atoms in total. The van der Waals surface area contributed by atoms with Crippen molar-refractivity contribution in [2.45, 2.75) is 50.2 Å². The quantitative estimate of drug-likeness (QED) is 0.469. The van der Waals surface area contributed by atoms with E-state index in [4.69, 9.17) is 8.48 Å². The first-order valence-corrected chi connectivity index (χ1v) is 8.29. The number of aromatic amines is 1. The lowest BCUT2D eigenvalue weighted by Crippen LogP contribution is -2.56. The average Bonchev–Trinajstić information content (AvgIpc) is 3.36. The van der Waals surface area contributed by atoms with Crippen molar-refractivity contribution in [3.8, 4) is 0 Å². The van der Waals surface area contributed by atoms with Crippen molar-refractivity contribution in [2.75, 3.05) is 6.54 Å². The van der Waals surface area contributed by atoms with E-state index in [1.807, 2.05) is 0 Å². The van der Waals surface area contributed by atoms with Gasteiger partial charge in [0.15, 0.2) is 0 Å². The molecule has 5 atom stereocenters. The fourth-order valence-corrected chi connectivity index (χ4v) is 3.10. The number of nitrogens with zero attached hydrogens (tertiary/aromatic N) is 2. The molecule has 10 heteroatoms. The summed E-state index contributed by atoms with van der Waals surface area (Å²) in [4.78, 5) is 56.5. The first-order chi connectivity index (χ1) is 13.3. The van der Waals surface area contributed by atoms with Gasteiger partial charge in [0.1, 0.15) is 18.1 Å². The molecule has 2 unspecified atom stereocenters. The summed E-state index contributed by atoms with van der Waals surface area (Å²) in [6.07, 6.45) is 1.43. The highest BCUT2D eigenvalue weighted by Crippen LogP contribution is 2.19. The van der Waals surface area contributed by atoms with Gasteiger partial charge in [0, 0.05) is 34.0 Å². The molecule has 0 spiro atoms. The largest absolute Gasteiger partial charge is 0.368 e. The molecule has 2 fully saturated rings. The van der Waals surface area contributed by atoms with E-state index < -0.39 is 48.6 Å². The van der Waals surface area contributed by atoms with E-state index in [-0.39, 0.29) is 25.3 Å². The smallest absolute Gasteiger partial charge is 0.246 e. The van der Waals surface area contributed by atoms with Crippen LogP contribution in [0.15, 0.2) is 12.5 Å². The third-order valence-electron chi connectivity index (χ3n) is 4.44. The summed E-state index contributed by atoms with van der Waals surface area (Å²) in [5.41, 5.74) is 5.92. The van der Waals surface area contributed by atoms with Gasteiger partial charge in [-0.25, -0.2) is 4.98 Å². The topological polar surface area (TPSA) is 150 Å². The lowest BCUT2D eigenvalue weighted by Gasteiger charge is -2.28. The highest BCUT2D eigenvalue weighted by molar-refractivity contribution is 5.95. The van der Waals surface area contributed by atoms with Gasteiger partial charge in [-0.1, -0.05) is 0 Å². The molecule has 140 valence electrons. The Morgan fingerprint density at radius 3 is 2.92 bits per heavy atom. The molecule has 0 aliphatic carbocycles. The van der Waals surface area contributed by atoms with Gasteiger partial charge < -0.3 is 26.3 Å². The van der Waals surface area contributed by atoms with Gasteiger partial charge in [-0.05, 0) is 19.2 Å². The molecule has 2 aliphatic rings. The van der Waals surface area contributed by atoms with Crippen LogP contribution in [0.3, 0.4) is 0 Å². The van der Waals surface area contributed by atoms with Crippen molar-refractivity contribution in [3.63, 3.8) is 0 Å². The maximum Gasteiger partial charge on any atom is 0.246 e. The molecule has 26 heavy (non-hydrogen) atoms. The van der Waals surface area contributed by atoms with Crippen molar-refractivity contribution in [2.24, 2.45) is 5.73 Å². The number of H-pyrrole nitrogens is 1. The van der Waals surface area contributed by atoms with Crippen LogP contribution in [0.1, 0.15) is 34.1 Å². The number of carbonyl (C=O) groups is 4. The van der Waals surface area contributed by atoms with E-state index in [2.05, 4.69) is 20.6 Å². The van der Waals surface area contributed by atoms with E-state index in [0.29, 0.717) is 12.1 Å². The van der Waals surface area contributed by atoms with Gasteiger partial charge in [0.2, 0.25) is 23.6 Å². The number of hydrogen-bond acceptors (Lipinski definition) is 5. The summed E-state index contributed by atoms with van der Waals surface area (Å²) >= 11 is 0. The minimum atomic E-state index is -1.23. The van der Waals surface area contributed by atoms with Crippen molar-refractivity contribution in [1.82, 2.24) is 25.5 Å². The number of nitrogens with two attached hydrogens (primary N) is 1. The second-order valence-electron chi connectivity index (χ2n) is 6.27. The Bertz CT molecular complexity index is 773. The monoisotopic (exact) mass is 364 g/mol. The van der Waals surface area contributed by atoms with Gasteiger partial charge in [-0.15, -0.1) is 0 Å². The minimum Gasteiger partial charge on any atom is -0.368 e. The molecule has 0 bridgehead atoms. The number of primary amides is 1. The molecule has 0 radical (unpaired) electrons. The molecule has 4 amide bonds. The van der Waals surface area contributed by atoms with Crippen LogP contribution in [-0.4, -0.2) is 63.2 Å². The normalized spacial score (nSPS) is 30.3. The summed E-state index contributed by atoms with van der Waals surface area (Å²) in [7, 11) is 0. The van der Waals surface area contributed by atoms with Crippen LogP contribution in [0.2, 0.25) is 0 Å². The zero-order valence-corrected chi connectivity index (χ0v) is 14.0. The van der Waals surface area contributed by atoms with Crippen LogP contribution in [0.4, 0.5) is 0 Å². The minimum absolute atomic E-state index is 0.0680. The van der Waals surface area contributed by atoms with Crippen LogP contribution in [0, 0.1) is 0 Å². The number of hydrogen-bond donors (Lipinski definition) is 4. The molecule has 1 aromatic rings. The standard InChI is InChI=1S/C16H22N6O4/c17-14(24)12-2-1-5-22(12)16(26)11(6-9-7-18-8-19-9)21-15(25)10-3-4-13(23)20-10/h7-8,10-12H,1-6H2,(H2,17,24)(H,18,19)(H,20,23)(H,21,25)/t10-,11-,12-/m0/s1/i1D,2D/t1?,2?,10-,11-,12-. The maximum absolute atomic E-state index is 13.1. The van der Waals surface area contributed by atoms with Gasteiger partial charge >= 0.3 is 0 Å². The average molecular weight is 364 g/mol. The highest BCUT2D eigenvalue weighted by Gasteiger charge is 2.38. The van der Waals surface area contributed by atoms with Crippen LogP contribution in [0.25, 0.3) is 0 Å². The Morgan fingerprint density at radius 1 is 1.50 bits per heavy atom. The fourth-order valence-electron chi connectivity index (χ4n) is 3.10. The van der Waals surface area contributed by atoms with E-state index in [1.54, 1.807) is 0 Å². The summed E-state index contributed by atoms with van der Waals surface area (Å²) in [6.45, 7) is -0.129. The third kappa shape index (κ3) is 3.84. The molecule has 1 aromatic heterocycles. The SMILES string of the molecule is [2H]C1CN(C(=O)[C@H](Cc2cnc[nH]2)NC(=O)[C@@H]2CCC(=O)N2)[C@H](C(N)=O)C1[2H]. The fraction of sp³-hybridized carbons (Fsp3) is 0.562. The zero-order chi connectivity index (χ0) is 20.4. The first kappa shape index (κ1) is 15.4. The Kier molecular flexibility index (Phi) is 4.45. The van der Waals surface area contributed by atoms with Crippen molar-refractivity contribution in [1.29, 1.82) is 0 Å². The Morgan fingerprint density at radius 2 is 2.31 bits per heavy atom. The predicted octanol–water partition coefficient (Wildman–Crippen LogP) is -1.81. The summed E-state index contributed by atoms with van der Waals surface area (Å²) in [5, 5.41) is 5.15. The van der Waals surface area contributed by atoms with Crippen molar-refractivity contribution < 1.29 is 21.9 Å². The van der Waals surface area contributed by atoms with Crippen molar-refractivity contribution in [3.05, 3.63) is 18.2 Å². The molecular weight excluding hydrogens is 340 g/mol. The number of carbonyl (C=O) groups excluding carboxylic acids is 4. The summed E-state index contributed by atoms with van der Waals surface area (Å²) in [6, 6.07) is -3.03. The first-order valence-electron chi connectivity index (χ1n) is 9.44. The van der Waals surface area contributed by atoms with E-state index in [0.717, 1.165) is 4.90 Å². The second-order valence-corrected chi connectivity index (χ2v) is 6.27. The maximum atomic E-state index is 13.1. The number of amides is 4. The summed E-state index contributed by atoms with van der Waals surface area (Å²) in [5.74, 6) is -2.22. The third-order valence-corrected chi connectivity index (χ3v) is 4.44. The lowest BCUT2D eigenvalue weighted by atomic mass is 10.1. The molecule has 5 N–H and O–H groups in total. The Labute approximate surface area is 152 Å². The van der Waals surface area contributed by atoms with E-state index in [9.17, 15) is 19.2 Å². The van der Waals surface area contributed by atoms with Crippen LogP contribution < -0.4 is 16.4 Å². The molecule has 0 aromatic carbocycles. The zero-order valence-electron chi connectivity index (χ0n) is 16.0. The van der Waals surface area contributed by atoms with Gasteiger partial charge in [0.05, 0.1) is 6.33 Å². The summed E-state index contributed by atoms with van der Waals surface area (Å²) < 4.78 is 15.8. The Hall–Kier alpha value is -2.91. The number of rotatable bonds is 6. The number of imidazole rings is 1.